The van der Waals surface area contributed by atoms with Gasteiger partial charge in [0.15, 0.2) is 9.84 Å². The van der Waals surface area contributed by atoms with Crippen LogP contribution >= 0.6 is 0 Å². The fourth-order valence-corrected chi connectivity index (χ4v) is 4.25. The van der Waals surface area contributed by atoms with Crippen molar-refractivity contribution in [3.63, 3.8) is 0 Å². The average molecular weight is 275 g/mol. The fraction of sp³-hybridized carbons (Fsp3) is 0.909. The summed E-state index contributed by atoms with van der Waals surface area (Å²) in [5.41, 5.74) is 0. The molecule has 0 aromatic heterocycles. The van der Waals surface area contributed by atoms with Gasteiger partial charge in [0.2, 0.25) is 0 Å². The summed E-state index contributed by atoms with van der Waals surface area (Å²) in [6.45, 7) is 3.75. The van der Waals surface area contributed by atoms with Crippen molar-refractivity contribution < 1.29 is 13.2 Å². The van der Waals surface area contributed by atoms with Gasteiger partial charge in [-0.1, -0.05) is 0 Å². The van der Waals surface area contributed by atoms with Crippen LogP contribution in [-0.4, -0.2) is 75.5 Å². The third-order valence-electron chi connectivity index (χ3n) is 3.66. The minimum absolute atomic E-state index is 0.0626. The van der Waals surface area contributed by atoms with Crippen LogP contribution in [0.3, 0.4) is 0 Å². The van der Waals surface area contributed by atoms with E-state index in [1.165, 1.54) is 0 Å². The molecule has 104 valence electrons. The van der Waals surface area contributed by atoms with Gasteiger partial charge in [-0.15, -0.1) is 0 Å². The van der Waals surface area contributed by atoms with Crippen LogP contribution in [0, 0.1) is 5.92 Å². The third kappa shape index (κ3) is 3.58. The average Bonchev–Trinajstić information content (AvgIpc) is 2.67. The molecule has 2 rings (SSSR count). The predicted molar refractivity (Wildman–Crippen MR) is 69.2 cm³/mol. The molecule has 0 aliphatic carbocycles. The summed E-state index contributed by atoms with van der Waals surface area (Å²) in [7, 11) is -0.807. The van der Waals surface area contributed by atoms with Crippen LogP contribution in [0.15, 0.2) is 0 Å². The SMILES string of the molecule is CN1CCN(C(=O)NCC2CCS(=O)(=O)C2)CC1. The van der Waals surface area contributed by atoms with Crippen LogP contribution in [0.4, 0.5) is 4.79 Å². The van der Waals surface area contributed by atoms with Crippen LogP contribution in [0.2, 0.25) is 0 Å². The first-order valence-electron chi connectivity index (χ1n) is 6.38. The Bertz CT molecular complexity index is 402. The third-order valence-corrected chi connectivity index (χ3v) is 5.50. The molecular formula is C11H21N3O3S. The zero-order chi connectivity index (χ0) is 13.2. The summed E-state index contributed by atoms with van der Waals surface area (Å²) in [5.74, 6) is 0.573. The largest absolute Gasteiger partial charge is 0.338 e. The minimum Gasteiger partial charge on any atom is -0.338 e. The van der Waals surface area contributed by atoms with Crippen molar-refractivity contribution in [3.8, 4) is 0 Å². The van der Waals surface area contributed by atoms with E-state index in [4.69, 9.17) is 0 Å². The van der Waals surface area contributed by atoms with Gasteiger partial charge in [0.25, 0.3) is 0 Å². The Labute approximate surface area is 108 Å². The monoisotopic (exact) mass is 275 g/mol. The summed E-state index contributed by atoms with van der Waals surface area (Å²) in [6.07, 6.45) is 0.672. The molecule has 1 atom stereocenters. The molecule has 0 radical (unpaired) electrons. The first-order valence-corrected chi connectivity index (χ1v) is 8.20. The van der Waals surface area contributed by atoms with Crippen molar-refractivity contribution in [1.29, 1.82) is 0 Å². The normalized spacial score (nSPS) is 28.3. The number of hydrogen-bond acceptors (Lipinski definition) is 4. The number of carbonyl (C=O) groups is 1. The minimum atomic E-state index is -2.85. The number of rotatable bonds is 2. The highest BCUT2D eigenvalue weighted by Gasteiger charge is 2.28. The maximum absolute atomic E-state index is 11.9. The zero-order valence-electron chi connectivity index (χ0n) is 10.8. The lowest BCUT2D eigenvalue weighted by atomic mass is 10.1. The lowest BCUT2D eigenvalue weighted by molar-refractivity contribution is 0.153. The van der Waals surface area contributed by atoms with E-state index in [1.54, 1.807) is 4.90 Å². The Hall–Kier alpha value is -0.820. The summed E-state index contributed by atoms with van der Waals surface area (Å²) < 4.78 is 22.6. The number of likely N-dealkylation sites (N-methyl/N-ethyl adjacent to an activating group) is 1. The van der Waals surface area contributed by atoms with E-state index in [2.05, 4.69) is 10.2 Å². The zero-order valence-corrected chi connectivity index (χ0v) is 11.6. The lowest BCUT2D eigenvalue weighted by Crippen LogP contribution is -2.51. The van der Waals surface area contributed by atoms with Gasteiger partial charge >= 0.3 is 6.03 Å². The number of piperazine rings is 1. The highest BCUT2D eigenvalue weighted by Crippen LogP contribution is 2.17. The van der Waals surface area contributed by atoms with Crippen molar-refractivity contribution >= 4 is 15.9 Å². The highest BCUT2D eigenvalue weighted by atomic mass is 32.2. The Morgan fingerprint density at radius 3 is 2.50 bits per heavy atom. The van der Waals surface area contributed by atoms with Gasteiger partial charge in [-0.05, 0) is 19.4 Å². The molecule has 2 fully saturated rings. The number of sulfone groups is 1. The van der Waals surface area contributed by atoms with Crippen LogP contribution in [-0.2, 0) is 9.84 Å². The van der Waals surface area contributed by atoms with E-state index in [9.17, 15) is 13.2 Å². The lowest BCUT2D eigenvalue weighted by Gasteiger charge is -2.32. The Balaban J connectivity index is 1.72. The maximum atomic E-state index is 11.9. The molecule has 7 heteroatoms. The summed E-state index contributed by atoms with van der Waals surface area (Å²) >= 11 is 0. The molecule has 2 aliphatic heterocycles. The van der Waals surface area contributed by atoms with Crippen LogP contribution in [0.5, 0.6) is 0 Å². The molecule has 2 amide bonds. The second-order valence-corrected chi connectivity index (χ2v) is 7.47. The van der Waals surface area contributed by atoms with E-state index in [0.717, 1.165) is 26.2 Å². The molecule has 0 bridgehead atoms. The Morgan fingerprint density at radius 1 is 1.28 bits per heavy atom. The summed E-state index contributed by atoms with van der Waals surface area (Å²) in [5, 5.41) is 2.85. The quantitative estimate of drug-likeness (QED) is 0.729. The van der Waals surface area contributed by atoms with Crippen molar-refractivity contribution in [2.45, 2.75) is 6.42 Å². The molecule has 2 saturated heterocycles. The predicted octanol–water partition coefficient (Wildman–Crippen LogP) is -0.622. The molecule has 0 saturated carbocycles. The number of amides is 2. The van der Waals surface area contributed by atoms with Crippen molar-refractivity contribution in [2.24, 2.45) is 5.92 Å². The molecule has 2 heterocycles. The Kier molecular flexibility index (Phi) is 4.11. The van der Waals surface area contributed by atoms with Crippen LogP contribution < -0.4 is 5.32 Å². The maximum Gasteiger partial charge on any atom is 0.317 e. The Morgan fingerprint density at radius 2 is 1.94 bits per heavy atom. The van der Waals surface area contributed by atoms with E-state index in [1.807, 2.05) is 7.05 Å². The second-order valence-electron chi connectivity index (χ2n) is 5.25. The molecule has 2 aliphatic rings. The van der Waals surface area contributed by atoms with E-state index in [-0.39, 0.29) is 23.5 Å². The van der Waals surface area contributed by atoms with Gasteiger partial charge in [0.05, 0.1) is 11.5 Å². The van der Waals surface area contributed by atoms with Crippen LogP contribution in [0.1, 0.15) is 6.42 Å². The summed E-state index contributed by atoms with van der Waals surface area (Å²) in [6, 6.07) is -0.0626. The molecule has 1 N–H and O–H groups in total. The topological polar surface area (TPSA) is 69.7 Å². The van der Waals surface area contributed by atoms with Crippen LogP contribution in [0.25, 0.3) is 0 Å². The smallest absolute Gasteiger partial charge is 0.317 e. The molecule has 0 aromatic rings. The molecular weight excluding hydrogens is 254 g/mol. The molecule has 0 aromatic carbocycles. The van der Waals surface area contributed by atoms with Crippen molar-refractivity contribution in [3.05, 3.63) is 0 Å². The van der Waals surface area contributed by atoms with E-state index in [0.29, 0.717) is 13.0 Å². The van der Waals surface area contributed by atoms with Gasteiger partial charge in [0, 0.05) is 32.7 Å². The van der Waals surface area contributed by atoms with Crippen molar-refractivity contribution in [1.82, 2.24) is 15.1 Å². The highest BCUT2D eigenvalue weighted by molar-refractivity contribution is 7.91. The number of hydrogen-bond donors (Lipinski definition) is 1. The van der Waals surface area contributed by atoms with E-state index < -0.39 is 9.84 Å². The summed E-state index contributed by atoms with van der Waals surface area (Å²) in [4.78, 5) is 15.9. The first kappa shape index (κ1) is 13.6. The number of carbonyl (C=O) groups excluding carboxylic acids is 1. The number of nitrogens with one attached hydrogen (secondary N) is 1. The van der Waals surface area contributed by atoms with E-state index >= 15 is 0 Å². The van der Waals surface area contributed by atoms with Gasteiger partial charge in [-0.2, -0.15) is 0 Å². The van der Waals surface area contributed by atoms with Gasteiger partial charge in [-0.3, -0.25) is 0 Å². The van der Waals surface area contributed by atoms with Crippen molar-refractivity contribution in [2.75, 3.05) is 51.3 Å². The second kappa shape index (κ2) is 5.44. The molecule has 18 heavy (non-hydrogen) atoms. The molecule has 6 nitrogen and oxygen atoms in total. The van der Waals surface area contributed by atoms with Gasteiger partial charge < -0.3 is 15.1 Å². The molecule has 0 spiro atoms. The fourth-order valence-electron chi connectivity index (χ4n) is 2.39. The number of nitrogens with zero attached hydrogens (tertiary/aromatic N) is 2. The number of urea groups is 1. The first-order chi connectivity index (χ1) is 8.46. The standard InChI is InChI=1S/C11H21N3O3S/c1-13-3-5-14(6-4-13)11(15)12-8-10-2-7-18(16,17)9-10/h10H,2-9H2,1H3,(H,12,15). The molecule has 1 unspecified atom stereocenters. The van der Waals surface area contributed by atoms with Gasteiger partial charge in [0.1, 0.15) is 0 Å². The van der Waals surface area contributed by atoms with Gasteiger partial charge in [-0.25, -0.2) is 13.2 Å².